The van der Waals surface area contributed by atoms with Gasteiger partial charge in [0, 0.05) is 11.4 Å². The molecule has 0 spiro atoms. The van der Waals surface area contributed by atoms with E-state index in [4.69, 9.17) is 28.3 Å². The molecule has 0 fully saturated rings. The van der Waals surface area contributed by atoms with Crippen molar-refractivity contribution in [2.24, 2.45) is 5.14 Å². The van der Waals surface area contributed by atoms with Gasteiger partial charge in [0.05, 0.1) is 21.1 Å². The van der Waals surface area contributed by atoms with Crippen LogP contribution in [0.25, 0.3) is 0 Å². The zero-order valence-corrected chi connectivity index (χ0v) is 15.8. The molecule has 0 saturated heterocycles. The number of nitrogens with zero attached hydrogens (tertiary/aromatic N) is 2. The summed E-state index contributed by atoms with van der Waals surface area (Å²) in [5.74, 6) is -0.648. The molecule has 1 heterocycles. The van der Waals surface area contributed by atoms with Gasteiger partial charge in [0.15, 0.2) is 11.6 Å². The molecular formula is C16H12Cl2FN5O2S. The zero-order valence-electron chi connectivity index (χ0n) is 13.4. The molecular weight excluding hydrogens is 416 g/mol. The lowest BCUT2D eigenvalue weighted by atomic mass is 10.3. The van der Waals surface area contributed by atoms with Crippen molar-refractivity contribution in [3.8, 4) is 0 Å². The second-order valence-corrected chi connectivity index (χ2v) is 7.71. The number of hydrogen-bond acceptors (Lipinski definition) is 6. The monoisotopic (exact) mass is 427 g/mol. The molecule has 4 N–H and O–H groups in total. The fourth-order valence-corrected chi connectivity index (χ4v) is 2.90. The van der Waals surface area contributed by atoms with E-state index in [0.717, 1.165) is 6.20 Å². The molecule has 3 aromatic rings. The molecule has 0 amide bonds. The molecule has 11 heteroatoms. The summed E-state index contributed by atoms with van der Waals surface area (Å²) in [7, 11) is -3.78. The highest BCUT2D eigenvalue weighted by Gasteiger charge is 2.10. The fourth-order valence-electron chi connectivity index (χ4n) is 2.08. The summed E-state index contributed by atoms with van der Waals surface area (Å²) in [5.41, 5.74) is 0.986. The summed E-state index contributed by atoms with van der Waals surface area (Å²) in [6, 6.07) is 10.3. The molecule has 1 aromatic heterocycles. The van der Waals surface area contributed by atoms with Crippen molar-refractivity contribution in [1.82, 2.24) is 9.97 Å². The maximum atomic E-state index is 14.0. The van der Waals surface area contributed by atoms with Crippen LogP contribution < -0.4 is 15.8 Å². The third-order valence-corrected chi connectivity index (χ3v) is 5.03. The Morgan fingerprint density at radius 2 is 1.63 bits per heavy atom. The topological polar surface area (TPSA) is 110 Å². The number of hydrogen-bond donors (Lipinski definition) is 3. The number of primary sulfonamides is 1. The van der Waals surface area contributed by atoms with Crippen molar-refractivity contribution < 1.29 is 12.8 Å². The fraction of sp³-hybridized carbons (Fsp3) is 0. The summed E-state index contributed by atoms with van der Waals surface area (Å²) >= 11 is 11.8. The summed E-state index contributed by atoms with van der Waals surface area (Å²) in [4.78, 5) is 7.88. The Labute approximate surface area is 164 Å². The highest BCUT2D eigenvalue weighted by molar-refractivity contribution is 7.89. The average Bonchev–Trinajstić information content (AvgIpc) is 2.61. The van der Waals surface area contributed by atoms with E-state index < -0.39 is 15.8 Å². The maximum absolute atomic E-state index is 14.0. The number of sulfonamides is 1. The lowest BCUT2D eigenvalue weighted by Gasteiger charge is -2.10. The Kier molecular flexibility index (Phi) is 5.47. The first-order valence-electron chi connectivity index (χ1n) is 7.37. The van der Waals surface area contributed by atoms with E-state index in [0.29, 0.717) is 21.4 Å². The van der Waals surface area contributed by atoms with Gasteiger partial charge in [0.2, 0.25) is 16.0 Å². The molecule has 0 atom stereocenters. The van der Waals surface area contributed by atoms with E-state index in [2.05, 4.69) is 20.6 Å². The molecule has 0 aliphatic carbocycles. The summed E-state index contributed by atoms with van der Waals surface area (Å²) < 4.78 is 36.5. The van der Waals surface area contributed by atoms with Gasteiger partial charge in [-0.2, -0.15) is 4.98 Å². The molecule has 0 aliphatic heterocycles. The minimum Gasteiger partial charge on any atom is -0.338 e. The normalized spacial score (nSPS) is 11.3. The number of rotatable bonds is 5. The van der Waals surface area contributed by atoms with Gasteiger partial charge in [-0.3, -0.25) is 0 Å². The van der Waals surface area contributed by atoms with E-state index >= 15 is 0 Å². The SMILES string of the molecule is NS(=O)(=O)c1ccc(Nc2ncc(F)c(Nc3ccc(Cl)c(Cl)c3)n2)cc1. The van der Waals surface area contributed by atoms with E-state index in [1.165, 1.54) is 30.3 Å². The number of nitrogens with two attached hydrogens (primary N) is 1. The van der Waals surface area contributed by atoms with Crippen molar-refractivity contribution in [3.63, 3.8) is 0 Å². The number of benzene rings is 2. The first-order chi connectivity index (χ1) is 12.7. The lowest BCUT2D eigenvalue weighted by Crippen LogP contribution is -2.11. The standard InChI is InChI=1S/C16H12Cl2FN5O2S/c17-12-6-3-10(7-13(12)18)22-15-14(19)8-21-16(24-15)23-9-1-4-11(5-2-9)27(20,25)26/h1-8H,(H2,20,25,26)(H2,21,22,23,24). The van der Waals surface area contributed by atoms with Gasteiger partial charge < -0.3 is 10.6 Å². The van der Waals surface area contributed by atoms with Crippen LogP contribution in [0.2, 0.25) is 10.0 Å². The van der Waals surface area contributed by atoms with Crippen molar-refractivity contribution in [1.29, 1.82) is 0 Å². The smallest absolute Gasteiger partial charge is 0.238 e. The van der Waals surface area contributed by atoms with Gasteiger partial charge in [-0.25, -0.2) is 22.9 Å². The summed E-state index contributed by atoms with van der Waals surface area (Å²) in [5, 5.41) is 11.4. The van der Waals surface area contributed by atoms with Crippen LogP contribution in [-0.4, -0.2) is 18.4 Å². The van der Waals surface area contributed by atoms with Gasteiger partial charge in [-0.1, -0.05) is 23.2 Å². The van der Waals surface area contributed by atoms with Gasteiger partial charge in [0.1, 0.15) is 0 Å². The largest absolute Gasteiger partial charge is 0.338 e. The number of anilines is 4. The molecule has 0 unspecified atom stereocenters. The molecule has 0 aliphatic rings. The Morgan fingerprint density at radius 1 is 0.963 bits per heavy atom. The number of halogens is 3. The van der Waals surface area contributed by atoms with Crippen molar-refractivity contribution >= 4 is 56.4 Å². The second kappa shape index (κ2) is 7.65. The van der Waals surface area contributed by atoms with Crippen LogP contribution in [0, 0.1) is 5.82 Å². The molecule has 0 radical (unpaired) electrons. The van der Waals surface area contributed by atoms with E-state index in [9.17, 15) is 12.8 Å². The minimum absolute atomic E-state index is 0.0324. The zero-order chi connectivity index (χ0) is 19.6. The van der Waals surface area contributed by atoms with Crippen molar-refractivity contribution in [2.75, 3.05) is 10.6 Å². The quantitative estimate of drug-likeness (QED) is 0.566. The van der Waals surface area contributed by atoms with Crippen LogP contribution in [0.4, 0.5) is 27.5 Å². The molecule has 27 heavy (non-hydrogen) atoms. The Balaban J connectivity index is 1.81. The first-order valence-corrected chi connectivity index (χ1v) is 9.67. The molecule has 0 bridgehead atoms. The van der Waals surface area contributed by atoms with E-state index in [1.807, 2.05) is 0 Å². The Bertz CT molecular complexity index is 1090. The predicted molar refractivity (Wildman–Crippen MR) is 103 cm³/mol. The highest BCUT2D eigenvalue weighted by atomic mass is 35.5. The second-order valence-electron chi connectivity index (χ2n) is 5.34. The van der Waals surface area contributed by atoms with Gasteiger partial charge in [-0.05, 0) is 42.5 Å². The van der Waals surface area contributed by atoms with Crippen LogP contribution in [0.1, 0.15) is 0 Å². The molecule has 0 saturated carbocycles. The van der Waals surface area contributed by atoms with E-state index in [1.54, 1.807) is 12.1 Å². The van der Waals surface area contributed by atoms with Gasteiger partial charge in [-0.15, -0.1) is 0 Å². The first kappa shape index (κ1) is 19.3. The third-order valence-electron chi connectivity index (χ3n) is 3.37. The molecule has 7 nitrogen and oxygen atoms in total. The lowest BCUT2D eigenvalue weighted by molar-refractivity contribution is 0.598. The van der Waals surface area contributed by atoms with E-state index in [-0.39, 0.29) is 16.7 Å². The highest BCUT2D eigenvalue weighted by Crippen LogP contribution is 2.27. The number of nitrogens with one attached hydrogen (secondary N) is 2. The Hall–Kier alpha value is -2.46. The van der Waals surface area contributed by atoms with Crippen LogP contribution >= 0.6 is 23.2 Å². The maximum Gasteiger partial charge on any atom is 0.238 e. The number of aromatic nitrogens is 2. The van der Waals surface area contributed by atoms with Gasteiger partial charge in [0.25, 0.3) is 0 Å². The van der Waals surface area contributed by atoms with Crippen LogP contribution in [-0.2, 0) is 10.0 Å². The molecule has 140 valence electrons. The average molecular weight is 428 g/mol. The van der Waals surface area contributed by atoms with Crippen LogP contribution in [0.15, 0.2) is 53.6 Å². The van der Waals surface area contributed by atoms with Crippen LogP contribution in [0.3, 0.4) is 0 Å². The van der Waals surface area contributed by atoms with Gasteiger partial charge >= 0.3 is 0 Å². The molecule has 2 aromatic carbocycles. The van der Waals surface area contributed by atoms with Crippen molar-refractivity contribution in [3.05, 3.63) is 64.5 Å². The third kappa shape index (κ3) is 4.83. The Morgan fingerprint density at radius 3 is 2.26 bits per heavy atom. The van der Waals surface area contributed by atoms with Crippen molar-refractivity contribution in [2.45, 2.75) is 4.90 Å². The van der Waals surface area contributed by atoms with Crippen LogP contribution in [0.5, 0.6) is 0 Å². The summed E-state index contributed by atoms with van der Waals surface area (Å²) in [6.07, 6.45) is 0.994. The minimum atomic E-state index is -3.78. The predicted octanol–water partition coefficient (Wildman–Crippen LogP) is 4.06. The summed E-state index contributed by atoms with van der Waals surface area (Å²) in [6.45, 7) is 0. The molecule has 3 rings (SSSR count).